The van der Waals surface area contributed by atoms with Crippen molar-refractivity contribution in [1.82, 2.24) is 9.97 Å². The molecule has 0 atom stereocenters. The lowest BCUT2D eigenvalue weighted by Gasteiger charge is -1.96. The lowest BCUT2D eigenvalue weighted by atomic mass is 10.2. The third-order valence-corrected chi connectivity index (χ3v) is 2.04. The van der Waals surface area contributed by atoms with Gasteiger partial charge in [0.25, 0.3) is 0 Å². The molecule has 0 aliphatic heterocycles. The molecular formula is C8H4BrFN2. The summed E-state index contributed by atoms with van der Waals surface area (Å²) in [6, 6.07) is 5.21. The van der Waals surface area contributed by atoms with Crippen LogP contribution in [0.1, 0.15) is 0 Å². The highest BCUT2D eigenvalue weighted by Gasteiger charge is 2.01. The second-order valence-corrected chi connectivity index (χ2v) is 3.24. The Morgan fingerprint density at radius 3 is 2.92 bits per heavy atom. The maximum atomic E-state index is 13.0. The van der Waals surface area contributed by atoms with Crippen molar-refractivity contribution < 1.29 is 4.39 Å². The lowest BCUT2D eigenvalue weighted by Crippen LogP contribution is -1.87. The first-order chi connectivity index (χ1) is 5.77. The van der Waals surface area contributed by atoms with Crippen LogP contribution in [-0.2, 0) is 0 Å². The zero-order valence-corrected chi connectivity index (χ0v) is 7.55. The summed E-state index contributed by atoms with van der Waals surface area (Å²) in [5.41, 5.74) is 0.616. The summed E-state index contributed by atoms with van der Waals surface area (Å²) >= 11 is 3.24. The van der Waals surface area contributed by atoms with Crippen molar-refractivity contribution in [3.63, 3.8) is 0 Å². The van der Waals surface area contributed by atoms with E-state index in [4.69, 9.17) is 0 Å². The van der Waals surface area contributed by atoms with Gasteiger partial charge in [-0.3, -0.25) is 0 Å². The number of fused-ring (bicyclic) bond motifs is 1. The molecule has 4 heteroatoms. The van der Waals surface area contributed by atoms with Crippen LogP contribution in [0, 0.1) is 5.95 Å². The van der Waals surface area contributed by atoms with Gasteiger partial charge in [0, 0.05) is 4.47 Å². The third-order valence-electron chi connectivity index (χ3n) is 1.55. The van der Waals surface area contributed by atoms with E-state index in [0.29, 0.717) is 10.9 Å². The van der Waals surface area contributed by atoms with Gasteiger partial charge in [0.2, 0.25) is 5.95 Å². The third kappa shape index (κ3) is 1.18. The predicted octanol–water partition coefficient (Wildman–Crippen LogP) is 2.53. The first kappa shape index (κ1) is 7.61. The topological polar surface area (TPSA) is 25.8 Å². The highest BCUT2D eigenvalue weighted by molar-refractivity contribution is 9.10. The van der Waals surface area contributed by atoms with E-state index in [0.717, 1.165) is 4.47 Å². The summed E-state index contributed by atoms with van der Waals surface area (Å²) in [7, 11) is 0. The van der Waals surface area contributed by atoms with Crippen molar-refractivity contribution in [1.29, 1.82) is 0 Å². The number of hydrogen-bond acceptors (Lipinski definition) is 2. The Morgan fingerprint density at radius 1 is 1.25 bits per heavy atom. The summed E-state index contributed by atoms with van der Waals surface area (Å²) in [4.78, 5) is 7.36. The van der Waals surface area contributed by atoms with Crippen molar-refractivity contribution in [3.8, 4) is 0 Å². The Morgan fingerprint density at radius 2 is 2.08 bits per heavy atom. The molecule has 2 aromatic rings. The van der Waals surface area contributed by atoms with Crippen LogP contribution in [0.25, 0.3) is 10.9 Å². The molecule has 0 amide bonds. The Bertz CT molecular complexity index is 430. The van der Waals surface area contributed by atoms with E-state index >= 15 is 0 Å². The van der Waals surface area contributed by atoms with Crippen LogP contribution in [-0.4, -0.2) is 9.97 Å². The van der Waals surface area contributed by atoms with E-state index < -0.39 is 5.95 Å². The lowest BCUT2D eigenvalue weighted by molar-refractivity contribution is 0.593. The summed E-state index contributed by atoms with van der Waals surface area (Å²) in [6.45, 7) is 0. The van der Waals surface area contributed by atoms with E-state index in [2.05, 4.69) is 25.9 Å². The van der Waals surface area contributed by atoms with Gasteiger partial charge in [-0.2, -0.15) is 4.39 Å². The minimum Gasteiger partial charge on any atom is -0.236 e. The van der Waals surface area contributed by atoms with Crippen molar-refractivity contribution in [2.75, 3.05) is 0 Å². The number of hydrogen-bond donors (Lipinski definition) is 0. The highest BCUT2D eigenvalue weighted by Crippen LogP contribution is 2.18. The van der Waals surface area contributed by atoms with Gasteiger partial charge in [0.15, 0.2) is 0 Å². The fraction of sp³-hybridized carbons (Fsp3) is 0. The van der Waals surface area contributed by atoms with E-state index in [-0.39, 0.29) is 0 Å². The van der Waals surface area contributed by atoms with Crippen LogP contribution >= 0.6 is 15.9 Å². The molecule has 1 heterocycles. The molecule has 0 fully saturated rings. The SMILES string of the molecule is Fc1ncnc2ccc(Br)cc12. The van der Waals surface area contributed by atoms with E-state index in [1.165, 1.54) is 6.33 Å². The minimum absolute atomic E-state index is 0.437. The molecule has 60 valence electrons. The number of benzene rings is 1. The molecule has 2 rings (SSSR count). The zero-order chi connectivity index (χ0) is 8.55. The van der Waals surface area contributed by atoms with Gasteiger partial charge >= 0.3 is 0 Å². The quantitative estimate of drug-likeness (QED) is 0.646. The molecule has 2 nitrogen and oxygen atoms in total. The molecule has 0 bridgehead atoms. The fourth-order valence-electron chi connectivity index (χ4n) is 0.997. The maximum Gasteiger partial charge on any atom is 0.223 e. The number of aromatic nitrogens is 2. The maximum absolute atomic E-state index is 13.0. The van der Waals surface area contributed by atoms with Crippen LogP contribution in [0.3, 0.4) is 0 Å². The first-order valence-corrected chi connectivity index (χ1v) is 4.12. The molecule has 0 unspecified atom stereocenters. The van der Waals surface area contributed by atoms with Gasteiger partial charge in [-0.15, -0.1) is 0 Å². The number of rotatable bonds is 0. The van der Waals surface area contributed by atoms with Gasteiger partial charge in [-0.05, 0) is 18.2 Å². The smallest absolute Gasteiger partial charge is 0.223 e. The minimum atomic E-state index is -0.485. The summed E-state index contributed by atoms with van der Waals surface area (Å²) in [5, 5.41) is 0.437. The average Bonchev–Trinajstić information content (AvgIpc) is 2.07. The predicted molar refractivity (Wildman–Crippen MR) is 47.2 cm³/mol. The summed E-state index contributed by atoms with van der Waals surface area (Å²) in [6.07, 6.45) is 1.21. The molecule has 0 N–H and O–H groups in total. The van der Waals surface area contributed by atoms with Crippen molar-refractivity contribution >= 4 is 26.8 Å². The molecule has 0 aliphatic rings. The second-order valence-electron chi connectivity index (χ2n) is 2.33. The van der Waals surface area contributed by atoms with Crippen molar-refractivity contribution in [3.05, 3.63) is 34.9 Å². The molecule has 0 spiro atoms. The zero-order valence-electron chi connectivity index (χ0n) is 5.96. The molecule has 1 aromatic carbocycles. The van der Waals surface area contributed by atoms with Gasteiger partial charge in [-0.1, -0.05) is 15.9 Å². The Hall–Kier alpha value is -1.03. The molecule has 1 aromatic heterocycles. The molecule has 0 saturated heterocycles. The van der Waals surface area contributed by atoms with E-state index in [9.17, 15) is 4.39 Å². The molecular weight excluding hydrogens is 223 g/mol. The van der Waals surface area contributed by atoms with Crippen LogP contribution < -0.4 is 0 Å². The largest absolute Gasteiger partial charge is 0.236 e. The van der Waals surface area contributed by atoms with Crippen LogP contribution in [0.2, 0.25) is 0 Å². The van der Waals surface area contributed by atoms with Crippen molar-refractivity contribution in [2.45, 2.75) is 0 Å². The van der Waals surface area contributed by atoms with Gasteiger partial charge < -0.3 is 0 Å². The summed E-state index contributed by atoms with van der Waals surface area (Å²) in [5.74, 6) is -0.485. The molecule has 12 heavy (non-hydrogen) atoms. The second kappa shape index (κ2) is 2.79. The van der Waals surface area contributed by atoms with E-state index in [1.807, 2.05) is 6.07 Å². The van der Waals surface area contributed by atoms with Gasteiger partial charge in [0.1, 0.15) is 6.33 Å². The van der Waals surface area contributed by atoms with E-state index in [1.54, 1.807) is 12.1 Å². The van der Waals surface area contributed by atoms with Crippen LogP contribution in [0.15, 0.2) is 29.0 Å². The normalized spacial score (nSPS) is 10.5. The highest BCUT2D eigenvalue weighted by atomic mass is 79.9. The van der Waals surface area contributed by atoms with Crippen LogP contribution in [0.4, 0.5) is 4.39 Å². The molecule has 0 saturated carbocycles. The number of nitrogens with zero attached hydrogens (tertiary/aromatic N) is 2. The Kier molecular flexibility index (Phi) is 1.77. The van der Waals surface area contributed by atoms with Gasteiger partial charge in [0.05, 0.1) is 10.9 Å². The van der Waals surface area contributed by atoms with Gasteiger partial charge in [-0.25, -0.2) is 9.97 Å². The number of halogens is 2. The van der Waals surface area contributed by atoms with Crippen LogP contribution in [0.5, 0.6) is 0 Å². The first-order valence-electron chi connectivity index (χ1n) is 3.33. The Labute approximate surface area is 76.6 Å². The summed E-state index contributed by atoms with van der Waals surface area (Å²) < 4.78 is 13.8. The van der Waals surface area contributed by atoms with Crippen molar-refractivity contribution in [2.24, 2.45) is 0 Å². The fourth-order valence-corrected chi connectivity index (χ4v) is 1.36. The molecule has 0 aliphatic carbocycles. The molecule has 0 radical (unpaired) electrons. The average molecular weight is 227 g/mol. The monoisotopic (exact) mass is 226 g/mol. The standard InChI is InChI=1S/C8H4BrFN2/c9-5-1-2-7-6(3-5)8(10)12-4-11-7/h1-4H. The Balaban J connectivity index is 2.88.